The molecule has 0 spiro atoms. The fourth-order valence-electron chi connectivity index (χ4n) is 2.29. The van der Waals surface area contributed by atoms with Gasteiger partial charge in [-0.1, -0.05) is 33.4 Å². The van der Waals surface area contributed by atoms with Gasteiger partial charge < -0.3 is 9.30 Å². The van der Waals surface area contributed by atoms with Crippen molar-refractivity contribution in [1.82, 2.24) is 4.57 Å². The van der Waals surface area contributed by atoms with Gasteiger partial charge in [0, 0.05) is 11.7 Å². The molecular weight excluding hydrogens is 210 g/mol. The zero-order valence-corrected chi connectivity index (χ0v) is 11.2. The van der Waals surface area contributed by atoms with Crippen LogP contribution in [0, 0.1) is 0 Å². The molecule has 1 unspecified atom stereocenters. The Morgan fingerprint density at radius 3 is 2.59 bits per heavy atom. The summed E-state index contributed by atoms with van der Waals surface area (Å²) in [6.07, 6.45) is 8.78. The summed E-state index contributed by atoms with van der Waals surface area (Å²) < 4.78 is 7.66. The molecule has 0 N–H and O–H groups in total. The highest BCUT2D eigenvalue weighted by molar-refractivity contribution is 5.53. The topological polar surface area (TPSA) is 14.2 Å². The quantitative estimate of drug-likeness (QED) is 0.629. The molecule has 0 saturated carbocycles. The van der Waals surface area contributed by atoms with E-state index in [1.165, 1.54) is 6.26 Å². The van der Waals surface area contributed by atoms with Crippen molar-refractivity contribution < 1.29 is 4.74 Å². The molecular formula is C15H23NO. The van der Waals surface area contributed by atoms with Gasteiger partial charge in [0.1, 0.15) is 0 Å². The van der Waals surface area contributed by atoms with Crippen LogP contribution in [0.4, 0.5) is 0 Å². The zero-order valence-electron chi connectivity index (χ0n) is 11.2. The first kappa shape index (κ1) is 13.6. The van der Waals surface area contributed by atoms with Crippen molar-refractivity contribution in [3.63, 3.8) is 0 Å². The molecule has 0 fully saturated rings. The van der Waals surface area contributed by atoms with Crippen LogP contribution < -0.4 is 4.74 Å². The van der Waals surface area contributed by atoms with Crippen molar-refractivity contribution in [1.29, 1.82) is 0 Å². The molecule has 0 amide bonds. The molecule has 0 aliphatic rings. The average Bonchev–Trinajstić information content (AvgIpc) is 2.73. The molecule has 0 aromatic carbocycles. The largest absolute Gasteiger partial charge is 0.463 e. The minimum atomic E-state index is 0.126. The number of rotatable bonds is 7. The Bertz CT molecular complexity index is 392. The standard InChI is InChI=1S/C15H23NO/c1-6-11-15(5,8-3)16-12-10-14(17-9-4)13(16)7-2/h7,9-10,12H,2,4,6,8,11H2,1,3,5H3. The monoisotopic (exact) mass is 233 g/mol. The molecule has 2 nitrogen and oxygen atoms in total. The lowest BCUT2D eigenvalue weighted by molar-refractivity contribution is 0.277. The predicted octanol–water partition coefficient (Wildman–Crippen LogP) is 4.58. The van der Waals surface area contributed by atoms with E-state index in [1.807, 2.05) is 12.1 Å². The number of hydrogen-bond donors (Lipinski definition) is 0. The predicted molar refractivity (Wildman–Crippen MR) is 74.2 cm³/mol. The lowest BCUT2D eigenvalue weighted by atomic mass is 9.92. The van der Waals surface area contributed by atoms with Crippen LogP contribution in [0.5, 0.6) is 5.75 Å². The van der Waals surface area contributed by atoms with Gasteiger partial charge in [-0.2, -0.15) is 0 Å². The van der Waals surface area contributed by atoms with Crippen LogP contribution in [0.2, 0.25) is 0 Å². The fourth-order valence-corrected chi connectivity index (χ4v) is 2.29. The maximum Gasteiger partial charge on any atom is 0.151 e. The molecule has 1 rings (SSSR count). The summed E-state index contributed by atoms with van der Waals surface area (Å²) in [7, 11) is 0. The lowest BCUT2D eigenvalue weighted by Gasteiger charge is -2.32. The normalized spacial score (nSPS) is 14.1. The van der Waals surface area contributed by atoms with Crippen molar-refractivity contribution in [2.75, 3.05) is 0 Å². The number of hydrogen-bond acceptors (Lipinski definition) is 1. The Morgan fingerprint density at radius 2 is 2.12 bits per heavy atom. The Labute approximate surface area is 105 Å². The van der Waals surface area contributed by atoms with E-state index in [2.05, 4.69) is 44.7 Å². The highest BCUT2D eigenvalue weighted by atomic mass is 16.5. The first-order valence-corrected chi connectivity index (χ1v) is 6.24. The van der Waals surface area contributed by atoms with Crippen molar-refractivity contribution in [2.24, 2.45) is 0 Å². The molecule has 17 heavy (non-hydrogen) atoms. The molecule has 1 heterocycles. The van der Waals surface area contributed by atoms with Crippen molar-refractivity contribution in [3.8, 4) is 5.75 Å². The van der Waals surface area contributed by atoms with Gasteiger partial charge in [-0.15, -0.1) is 0 Å². The SMILES string of the molecule is C=COc1ccn(C(C)(CC)CCC)c1C=C. The third kappa shape index (κ3) is 2.63. The third-order valence-electron chi connectivity index (χ3n) is 3.42. The molecule has 2 heteroatoms. The van der Waals surface area contributed by atoms with Gasteiger partial charge in [0.25, 0.3) is 0 Å². The van der Waals surface area contributed by atoms with Gasteiger partial charge in [-0.25, -0.2) is 0 Å². The Morgan fingerprint density at radius 1 is 1.41 bits per heavy atom. The number of nitrogens with zero attached hydrogens (tertiary/aromatic N) is 1. The van der Waals surface area contributed by atoms with E-state index >= 15 is 0 Å². The average molecular weight is 233 g/mol. The van der Waals surface area contributed by atoms with Gasteiger partial charge in [0.05, 0.1) is 12.0 Å². The minimum absolute atomic E-state index is 0.126. The molecule has 0 aliphatic heterocycles. The van der Waals surface area contributed by atoms with Gasteiger partial charge >= 0.3 is 0 Å². The molecule has 1 atom stereocenters. The molecule has 0 saturated heterocycles. The van der Waals surface area contributed by atoms with Crippen LogP contribution in [-0.4, -0.2) is 4.57 Å². The van der Waals surface area contributed by atoms with E-state index < -0.39 is 0 Å². The van der Waals surface area contributed by atoms with Crippen molar-refractivity contribution >= 4 is 6.08 Å². The lowest BCUT2D eigenvalue weighted by Crippen LogP contribution is -2.29. The molecule has 0 bridgehead atoms. The maximum absolute atomic E-state index is 5.40. The van der Waals surface area contributed by atoms with Gasteiger partial charge in [-0.3, -0.25) is 0 Å². The third-order valence-corrected chi connectivity index (χ3v) is 3.42. The second-order valence-electron chi connectivity index (χ2n) is 4.52. The van der Waals surface area contributed by atoms with Crippen molar-refractivity contribution in [2.45, 2.75) is 45.6 Å². The summed E-state index contributed by atoms with van der Waals surface area (Å²) in [6, 6.07) is 1.97. The van der Waals surface area contributed by atoms with E-state index in [-0.39, 0.29) is 5.54 Å². The van der Waals surface area contributed by atoms with Crippen LogP contribution >= 0.6 is 0 Å². The highest BCUT2D eigenvalue weighted by Gasteiger charge is 2.25. The first-order valence-electron chi connectivity index (χ1n) is 6.24. The summed E-state index contributed by atoms with van der Waals surface area (Å²) in [4.78, 5) is 0. The molecule has 1 aromatic rings. The zero-order chi connectivity index (χ0) is 12.9. The van der Waals surface area contributed by atoms with Crippen LogP contribution in [0.25, 0.3) is 6.08 Å². The summed E-state index contributed by atoms with van der Waals surface area (Å²) >= 11 is 0. The summed E-state index contributed by atoms with van der Waals surface area (Å²) in [5, 5.41) is 0. The fraction of sp³-hybridized carbons (Fsp3) is 0.467. The highest BCUT2D eigenvalue weighted by Crippen LogP contribution is 2.33. The van der Waals surface area contributed by atoms with Crippen LogP contribution in [0.15, 0.2) is 31.7 Å². The second kappa shape index (κ2) is 5.76. The van der Waals surface area contributed by atoms with Crippen LogP contribution in [0.3, 0.4) is 0 Å². The Balaban J connectivity index is 3.19. The van der Waals surface area contributed by atoms with E-state index in [4.69, 9.17) is 4.74 Å². The van der Waals surface area contributed by atoms with Crippen molar-refractivity contribution in [3.05, 3.63) is 37.4 Å². The smallest absolute Gasteiger partial charge is 0.151 e. The van der Waals surface area contributed by atoms with E-state index in [1.54, 1.807) is 0 Å². The summed E-state index contributed by atoms with van der Waals surface area (Å²) in [6.45, 7) is 14.2. The molecule has 0 radical (unpaired) electrons. The van der Waals surface area contributed by atoms with E-state index in [0.29, 0.717) is 0 Å². The van der Waals surface area contributed by atoms with Gasteiger partial charge in [-0.05, 0) is 31.9 Å². The summed E-state index contributed by atoms with van der Waals surface area (Å²) in [5.74, 6) is 0.825. The molecule has 0 aliphatic carbocycles. The number of aromatic nitrogens is 1. The maximum atomic E-state index is 5.40. The van der Waals surface area contributed by atoms with Gasteiger partial charge in [0.15, 0.2) is 5.75 Å². The second-order valence-corrected chi connectivity index (χ2v) is 4.52. The molecule has 1 aromatic heterocycles. The van der Waals surface area contributed by atoms with Crippen LogP contribution in [-0.2, 0) is 5.54 Å². The van der Waals surface area contributed by atoms with Gasteiger partial charge in [0.2, 0.25) is 0 Å². The Kier molecular flexibility index (Phi) is 4.62. The molecule has 94 valence electrons. The minimum Gasteiger partial charge on any atom is -0.463 e. The van der Waals surface area contributed by atoms with Crippen LogP contribution in [0.1, 0.15) is 45.7 Å². The summed E-state index contributed by atoms with van der Waals surface area (Å²) in [5.41, 5.74) is 1.16. The van der Waals surface area contributed by atoms with E-state index in [0.717, 1.165) is 30.7 Å². The first-order chi connectivity index (χ1) is 8.12. The van der Waals surface area contributed by atoms with E-state index in [9.17, 15) is 0 Å². The number of ether oxygens (including phenoxy) is 1. The Hall–Kier alpha value is -1.44.